The van der Waals surface area contributed by atoms with Gasteiger partial charge in [0.1, 0.15) is 0 Å². The van der Waals surface area contributed by atoms with E-state index in [9.17, 15) is 13.2 Å². The molecular weight excluding hydrogens is 336 g/mol. The van der Waals surface area contributed by atoms with Crippen LogP contribution < -0.4 is 5.32 Å². The van der Waals surface area contributed by atoms with E-state index in [1.807, 2.05) is 0 Å². The molecule has 1 aromatic carbocycles. The number of hydrogen-bond donors (Lipinski definition) is 2. The summed E-state index contributed by atoms with van der Waals surface area (Å²) in [5, 5.41) is 11.9. The molecule has 0 unspecified atom stereocenters. The van der Waals surface area contributed by atoms with Gasteiger partial charge in [-0.2, -0.15) is 4.31 Å². The Bertz CT molecular complexity index is 597. The Morgan fingerprint density at radius 2 is 1.95 bits per heavy atom. The van der Waals surface area contributed by atoms with Crippen LogP contribution in [0.5, 0.6) is 0 Å². The highest BCUT2D eigenvalue weighted by Crippen LogP contribution is 2.26. The fourth-order valence-electron chi connectivity index (χ4n) is 1.87. The second-order valence-electron chi connectivity index (χ2n) is 4.10. The smallest absolute Gasteiger partial charge is 0.335 e. The van der Waals surface area contributed by atoms with Gasteiger partial charge in [-0.05, 0) is 34.1 Å². The predicted octanol–water partition coefficient (Wildman–Crippen LogP) is 0.741. The Morgan fingerprint density at radius 1 is 1.32 bits per heavy atom. The monoisotopic (exact) mass is 348 g/mol. The molecule has 0 amide bonds. The third-order valence-corrected chi connectivity index (χ3v) is 5.75. The highest BCUT2D eigenvalue weighted by Gasteiger charge is 2.28. The highest BCUT2D eigenvalue weighted by molar-refractivity contribution is 9.10. The highest BCUT2D eigenvalue weighted by atomic mass is 79.9. The molecule has 2 rings (SSSR count). The van der Waals surface area contributed by atoms with Gasteiger partial charge in [-0.15, -0.1) is 0 Å². The van der Waals surface area contributed by atoms with Gasteiger partial charge in [-0.1, -0.05) is 0 Å². The Balaban J connectivity index is 2.37. The van der Waals surface area contributed by atoms with Crippen molar-refractivity contribution in [3.05, 3.63) is 28.2 Å². The Hall–Kier alpha value is -0.960. The molecule has 1 aliphatic rings. The molecule has 0 aromatic heterocycles. The second kappa shape index (κ2) is 5.58. The lowest BCUT2D eigenvalue weighted by atomic mass is 10.2. The first kappa shape index (κ1) is 14.4. The zero-order valence-corrected chi connectivity index (χ0v) is 12.4. The van der Waals surface area contributed by atoms with E-state index < -0.39 is 16.0 Å². The fourth-order valence-corrected chi connectivity index (χ4v) is 4.35. The molecule has 8 heteroatoms. The quantitative estimate of drug-likeness (QED) is 0.841. The van der Waals surface area contributed by atoms with Crippen molar-refractivity contribution in [1.82, 2.24) is 9.62 Å². The van der Waals surface area contributed by atoms with Gasteiger partial charge in [-0.25, -0.2) is 13.2 Å². The number of carboxylic acid groups (broad SMARTS) is 1. The van der Waals surface area contributed by atoms with Crippen molar-refractivity contribution < 1.29 is 18.3 Å². The number of carboxylic acids is 1. The van der Waals surface area contributed by atoms with E-state index in [1.54, 1.807) is 0 Å². The van der Waals surface area contributed by atoms with Crippen LogP contribution in [0.15, 0.2) is 27.6 Å². The SMILES string of the molecule is O=C(O)c1ccc(S(=O)(=O)N2CCNCC2)c(Br)c1. The average Bonchev–Trinajstić information content (AvgIpc) is 2.39. The van der Waals surface area contributed by atoms with Gasteiger partial charge in [0.05, 0.1) is 10.5 Å². The van der Waals surface area contributed by atoms with E-state index in [2.05, 4.69) is 21.2 Å². The van der Waals surface area contributed by atoms with Gasteiger partial charge in [0, 0.05) is 30.7 Å². The maximum absolute atomic E-state index is 12.4. The molecule has 0 saturated carbocycles. The number of nitrogens with one attached hydrogen (secondary N) is 1. The van der Waals surface area contributed by atoms with Crippen molar-refractivity contribution >= 4 is 31.9 Å². The first-order chi connectivity index (χ1) is 8.93. The number of benzene rings is 1. The van der Waals surface area contributed by atoms with Gasteiger partial charge in [0.25, 0.3) is 0 Å². The van der Waals surface area contributed by atoms with Gasteiger partial charge in [0.15, 0.2) is 0 Å². The molecule has 0 atom stereocenters. The summed E-state index contributed by atoms with van der Waals surface area (Å²) >= 11 is 3.13. The number of aromatic carboxylic acids is 1. The van der Waals surface area contributed by atoms with Gasteiger partial charge >= 0.3 is 5.97 Å². The summed E-state index contributed by atoms with van der Waals surface area (Å²) in [6.45, 7) is 2.05. The summed E-state index contributed by atoms with van der Waals surface area (Å²) in [5.41, 5.74) is 0.0473. The molecule has 104 valence electrons. The first-order valence-electron chi connectivity index (χ1n) is 5.66. The van der Waals surface area contributed by atoms with E-state index in [1.165, 1.54) is 22.5 Å². The van der Waals surface area contributed by atoms with Crippen molar-refractivity contribution in [1.29, 1.82) is 0 Å². The molecule has 19 heavy (non-hydrogen) atoms. The Morgan fingerprint density at radius 3 is 2.47 bits per heavy atom. The minimum absolute atomic E-state index is 0.0473. The Kier molecular flexibility index (Phi) is 4.24. The zero-order chi connectivity index (χ0) is 14.0. The summed E-state index contributed by atoms with van der Waals surface area (Å²) in [7, 11) is -3.58. The zero-order valence-electron chi connectivity index (χ0n) is 9.97. The lowest BCUT2D eigenvalue weighted by Crippen LogP contribution is -2.46. The van der Waals surface area contributed by atoms with Gasteiger partial charge in [-0.3, -0.25) is 0 Å². The van der Waals surface area contributed by atoms with Crippen LogP contribution in [-0.4, -0.2) is 50.0 Å². The van der Waals surface area contributed by atoms with Crippen molar-refractivity contribution in [2.24, 2.45) is 0 Å². The van der Waals surface area contributed by atoms with E-state index in [0.717, 1.165) is 0 Å². The molecule has 0 bridgehead atoms. The second-order valence-corrected chi connectivity index (χ2v) is 6.87. The number of halogens is 1. The van der Waals surface area contributed by atoms with Crippen LogP contribution in [-0.2, 0) is 10.0 Å². The lowest BCUT2D eigenvalue weighted by molar-refractivity contribution is 0.0696. The van der Waals surface area contributed by atoms with Crippen LogP contribution in [0, 0.1) is 0 Å². The number of hydrogen-bond acceptors (Lipinski definition) is 4. The summed E-state index contributed by atoms with van der Waals surface area (Å²) in [4.78, 5) is 10.9. The van der Waals surface area contributed by atoms with Crippen LogP contribution >= 0.6 is 15.9 Å². The van der Waals surface area contributed by atoms with Crippen LogP contribution in [0.1, 0.15) is 10.4 Å². The van der Waals surface area contributed by atoms with Gasteiger partial charge in [0.2, 0.25) is 10.0 Å². The molecule has 0 aliphatic carbocycles. The van der Waals surface area contributed by atoms with Crippen LogP contribution in [0.4, 0.5) is 0 Å². The topological polar surface area (TPSA) is 86.7 Å². The number of rotatable bonds is 3. The molecule has 2 N–H and O–H groups in total. The molecule has 6 nitrogen and oxygen atoms in total. The standard InChI is InChI=1S/C11H13BrN2O4S/c12-9-7-8(11(15)16)1-2-10(9)19(17,18)14-5-3-13-4-6-14/h1-2,7,13H,3-6H2,(H,15,16). The molecule has 0 spiro atoms. The van der Waals surface area contributed by atoms with Crippen molar-refractivity contribution in [3.63, 3.8) is 0 Å². The van der Waals surface area contributed by atoms with Crippen molar-refractivity contribution in [2.45, 2.75) is 4.90 Å². The first-order valence-corrected chi connectivity index (χ1v) is 7.90. The van der Waals surface area contributed by atoms with E-state index in [0.29, 0.717) is 26.2 Å². The summed E-state index contributed by atoms with van der Waals surface area (Å²) in [6, 6.07) is 3.92. The summed E-state index contributed by atoms with van der Waals surface area (Å²) < 4.78 is 26.5. The van der Waals surface area contributed by atoms with E-state index in [4.69, 9.17) is 5.11 Å². The molecule has 1 heterocycles. The minimum Gasteiger partial charge on any atom is -0.478 e. The van der Waals surface area contributed by atoms with Crippen LogP contribution in [0.2, 0.25) is 0 Å². The van der Waals surface area contributed by atoms with E-state index in [-0.39, 0.29) is 14.9 Å². The number of carbonyl (C=O) groups is 1. The lowest BCUT2D eigenvalue weighted by Gasteiger charge is -2.27. The molecule has 1 fully saturated rings. The molecule has 1 saturated heterocycles. The summed E-state index contributed by atoms with van der Waals surface area (Å²) in [6.07, 6.45) is 0. The third kappa shape index (κ3) is 2.97. The number of nitrogens with zero attached hydrogens (tertiary/aromatic N) is 1. The fraction of sp³-hybridized carbons (Fsp3) is 0.364. The van der Waals surface area contributed by atoms with Crippen LogP contribution in [0.3, 0.4) is 0 Å². The third-order valence-electron chi connectivity index (χ3n) is 2.87. The number of sulfonamides is 1. The van der Waals surface area contributed by atoms with E-state index >= 15 is 0 Å². The normalized spacial score (nSPS) is 17.3. The largest absolute Gasteiger partial charge is 0.478 e. The Labute approximate surface area is 119 Å². The maximum atomic E-state index is 12.4. The minimum atomic E-state index is -3.58. The number of piperazine rings is 1. The maximum Gasteiger partial charge on any atom is 0.335 e. The molecule has 0 radical (unpaired) electrons. The van der Waals surface area contributed by atoms with Crippen LogP contribution in [0.25, 0.3) is 0 Å². The summed E-state index contributed by atoms with van der Waals surface area (Å²) in [5.74, 6) is -1.09. The molecular formula is C11H13BrN2O4S. The van der Waals surface area contributed by atoms with Crippen molar-refractivity contribution in [3.8, 4) is 0 Å². The molecule has 1 aromatic rings. The predicted molar refractivity (Wildman–Crippen MR) is 72.7 cm³/mol. The molecule has 1 aliphatic heterocycles. The van der Waals surface area contributed by atoms with Crippen molar-refractivity contribution in [2.75, 3.05) is 26.2 Å². The van der Waals surface area contributed by atoms with Gasteiger partial charge < -0.3 is 10.4 Å². The average molecular weight is 349 g/mol.